The third-order valence-corrected chi connectivity index (χ3v) is 6.69. The monoisotopic (exact) mass is 623 g/mol. The van der Waals surface area contributed by atoms with Gasteiger partial charge in [0.1, 0.15) is 0 Å². The Morgan fingerprint density at radius 1 is 0.929 bits per heavy atom. The van der Waals surface area contributed by atoms with E-state index in [0.29, 0.717) is 5.92 Å². The van der Waals surface area contributed by atoms with Crippen LogP contribution in [0.2, 0.25) is 5.02 Å². The number of nitrogens with zero attached hydrogens (tertiary/aromatic N) is 5. The van der Waals surface area contributed by atoms with Gasteiger partial charge < -0.3 is 15.1 Å². The fraction of sp³-hybridized carbons (Fsp3) is 0.462. The number of anilines is 1. The Morgan fingerprint density at radius 3 is 2.12 bits per heavy atom. The molecule has 1 atom stereocenters. The lowest BCUT2D eigenvalue weighted by molar-refractivity contribution is -0.193. The third-order valence-electron chi connectivity index (χ3n) is 6.45. The first-order valence-corrected chi connectivity index (χ1v) is 13.2. The van der Waals surface area contributed by atoms with Crippen molar-refractivity contribution in [2.75, 3.05) is 31.1 Å². The smallest absolute Gasteiger partial charge is 0.475 e. The van der Waals surface area contributed by atoms with Crippen molar-refractivity contribution < 1.29 is 46.1 Å². The van der Waals surface area contributed by atoms with E-state index in [2.05, 4.69) is 40.3 Å². The Morgan fingerprint density at radius 2 is 1.55 bits per heavy atom. The van der Waals surface area contributed by atoms with Gasteiger partial charge in [0.15, 0.2) is 11.5 Å². The number of carbonyl (C=O) groups is 2. The quantitative estimate of drug-likeness (QED) is 0.360. The van der Waals surface area contributed by atoms with Crippen molar-refractivity contribution in [2.24, 2.45) is 0 Å². The summed E-state index contributed by atoms with van der Waals surface area (Å²) >= 11 is 6.15. The summed E-state index contributed by atoms with van der Waals surface area (Å²) in [5.74, 6) is -4.14. The van der Waals surface area contributed by atoms with Crippen LogP contribution >= 0.6 is 11.6 Å². The normalized spacial score (nSPS) is 17.7. The van der Waals surface area contributed by atoms with Crippen LogP contribution in [0.1, 0.15) is 43.0 Å². The van der Waals surface area contributed by atoms with E-state index in [9.17, 15) is 26.3 Å². The predicted molar refractivity (Wildman–Crippen MR) is 141 cm³/mol. The molecule has 2 aliphatic rings. The first-order valence-electron chi connectivity index (χ1n) is 12.8. The van der Waals surface area contributed by atoms with E-state index in [-0.39, 0.29) is 0 Å². The number of benzene rings is 1. The second-order valence-corrected chi connectivity index (χ2v) is 10.1. The van der Waals surface area contributed by atoms with Gasteiger partial charge in [-0.25, -0.2) is 19.1 Å². The van der Waals surface area contributed by atoms with Crippen molar-refractivity contribution in [3.05, 3.63) is 59.0 Å². The van der Waals surface area contributed by atoms with Crippen LogP contribution in [0.5, 0.6) is 0 Å². The number of halogens is 7. The van der Waals surface area contributed by atoms with Crippen LogP contribution in [0.15, 0.2) is 42.6 Å². The predicted octanol–water partition coefficient (Wildman–Crippen LogP) is 5.63. The van der Waals surface area contributed by atoms with Crippen LogP contribution in [0.25, 0.3) is 5.65 Å². The van der Waals surface area contributed by atoms with Crippen molar-refractivity contribution in [1.82, 2.24) is 19.5 Å². The fourth-order valence-corrected chi connectivity index (χ4v) is 4.74. The van der Waals surface area contributed by atoms with Gasteiger partial charge in [-0.15, -0.1) is 0 Å². The number of aromatic nitrogens is 3. The second-order valence-electron chi connectivity index (χ2n) is 9.66. The summed E-state index contributed by atoms with van der Waals surface area (Å²) in [5, 5.41) is 19.9. The molecule has 2 fully saturated rings. The SMILES string of the molecule is Clc1cccc(CN2CCCC(c3nc4ccc(N5CCCC5)cn4n3)C2)c1.O=C(O)C(F)(F)F.O=C(O)C(F)(F)F. The molecule has 2 aliphatic heterocycles. The van der Waals surface area contributed by atoms with Gasteiger partial charge in [0.05, 0.1) is 11.9 Å². The van der Waals surface area contributed by atoms with Crippen molar-refractivity contribution in [2.45, 2.75) is 50.5 Å². The minimum Gasteiger partial charge on any atom is -0.475 e. The molecule has 42 heavy (non-hydrogen) atoms. The highest BCUT2D eigenvalue weighted by Crippen LogP contribution is 2.27. The van der Waals surface area contributed by atoms with E-state index in [0.717, 1.165) is 55.6 Å². The summed E-state index contributed by atoms with van der Waals surface area (Å²) in [7, 11) is 0. The Kier molecular flexibility index (Phi) is 11.0. The molecule has 0 bridgehead atoms. The maximum atomic E-state index is 10.6. The number of hydrogen-bond acceptors (Lipinski definition) is 6. The summed E-state index contributed by atoms with van der Waals surface area (Å²) in [6.45, 7) is 5.35. The maximum Gasteiger partial charge on any atom is 0.490 e. The second kappa shape index (κ2) is 14.1. The van der Waals surface area contributed by atoms with Gasteiger partial charge in [-0.1, -0.05) is 23.7 Å². The largest absolute Gasteiger partial charge is 0.490 e. The molecule has 3 aromatic rings. The van der Waals surface area contributed by atoms with Crippen LogP contribution in [-0.4, -0.2) is 80.2 Å². The number of likely N-dealkylation sites (tertiary alicyclic amines) is 1. The summed E-state index contributed by atoms with van der Waals surface area (Å²) in [4.78, 5) is 27.6. The number of carboxylic acids is 2. The van der Waals surface area contributed by atoms with Crippen molar-refractivity contribution in [3.63, 3.8) is 0 Å². The minimum absolute atomic E-state index is 0.392. The van der Waals surface area contributed by atoms with Gasteiger partial charge in [-0.2, -0.15) is 31.4 Å². The number of alkyl halides is 6. The average Bonchev–Trinajstić information content (AvgIpc) is 3.59. The van der Waals surface area contributed by atoms with Crippen LogP contribution in [-0.2, 0) is 16.1 Å². The molecule has 5 rings (SSSR count). The fourth-order valence-electron chi connectivity index (χ4n) is 4.53. The average molecular weight is 624 g/mol. The van der Waals surface area contributed by atoms with Crippen molar-refractivity contribution in [1.29, 1.82) is 0 Å². The van der Waals surface area contributed by atoms with E-state index >= 15 is 0 Å². The molecule has 9 nitrogen and oxygen atoms in total. The molecule has 16 heteroatoms. The zero-order valence-corrected chi connectivity index (χ0v) is 22.8. The van der Waals surface area contributed by atoms with E-state index < -0.39 is 24.3 Å². The van der Waals surface area contributed by atoms with E-state index in [1.807, 2.05) is 16.6 Å². The van der Waals surface area contributed by atoms with Gasteiger partial charge in [-0.05, 0) is 62.1 Å². The number of rotatable bonds is 4. The molecule has 2 saturated heterocycles. The number of aliphatic carboxylic acids is 2. The molecule has 4 heterocycles. The molecule has 0 aliphatic carbocycles. The summed E-state index contributed by atoms with van der Waals surface area (Å²) in [6, 6.07) is 12.5. The third kappa shape index (κ3) is 9.76. The van der Waals surface area contributed by atoms with Crippen LogP contribution in [0, 0.1) is 0 Å². The number of piperidine rings is 1. The number of hydrogen-bond donors (Lipinski definition) is 2. The molecular formula is C26H28ClF6N5O4. The molecule has 0 spiro atoms. The Bertz CT molecular complexity index is 1340. The van der Waals surface area contributed by atoms with Crippen LogP contribution in [0.3, 0.4) is 0 Å². The Balaban J connectivity index is 0.000000289. The molecule has 2 N–H and O–H groups in total. The van der Waals surface area contributed by atoms with Gasteiger partial charge in [0, 0.05) is 37.1 Å². The summed E-state index contributed by atoms with van der Waals surface area (Å²) < 4.78 is 65.4. The molecule has 2 aromatic heterocycles. The van der Waals surface area contributed by atoms with E-state index in [1.54, 1.807) is 0 Å². The van der Waals surface area contributed by atoms with Gasteiger partial charge >= 0.3 is 24.3 Å². The molecule has 0 amide bonds. The Hall–Kier alpha value is -3.59. The molecule has 0 saturated carbocycles. The van der Waals surface area contributed by atoms with E-state index in [1.165, 1.54) is 30.5 Å². The zero-order valence-electron chi connectivity index (χ0n) is 22.1. The summed E-state index contributed by atoms with van der Waals surface area (Å²) in [6.07, 6.45) is -3.12. The van der Waals surface area contributed by atoms with Crippen molar-refractivity contribution >= 4 is 34.9 Å². The molecule has 1 aromatic carbocycles. The highest BCUT2D eigenvalue weighted by atomic mass is 35.5. The first-order chi connectivity index (χ1) is 19.6. The number of carboxylic acid groups (broad SMARTS) is 2. The topological polar surface area (TPSA) is 111 Å². The zero-order chi connectivity index (χ0) is 31.1. The first kappa shape index (κ1) is 32.9. The lowest BCUT2D eigenvalue weighted by atomic mass is 9.97. The number of fused-ring (bicyclic) bond motifs is 1. The maximum absolute atomic E-state index is 10.6. The van der Waals surface area contributed by atoms with Gasteiger partial charge in [-0.3, -0.25) is 4.90 Å². The minimum atomic E-state index is -5.08. The highest BCUT2D eigenvalue weighted by Gasteiger charge is 2.38. The van der Waals surface area contributed by atoms with Crippen molar-refractivity contribution in [3.8, 4) is 0 Å². The Labute approximate surface area is 241 Å². The molecule has 1 unspecified atom stereocenters. The molecule has 0 radical (unpaired) electrons. The van der Waals surface area contributed by atoms with Gasteiger partial charge in [0.25, 0.3) is 0 Å². The van der Waals surface area contributed by atoms with E-state index in [4.69, 9.17) is 41.5 Å². The summed E-state index contributed by atoms with van der Waals surface area (Å²) in [5.41, 5.74) is 3.48. The lowest BCUT2D eigenvalue weighted by Gasteiger charge is -2.31. The lowest BCUT2D eigenvalue weighted by Crippen LogP contribution is -2.34. The highest BCUT2D eigenvalue weighted by molar-refractivity contribution is 6.30. The molecule has 230 valence electrons. The van der Waals surface area contributed by atoms with Crippen LogP contribution < -0.4 is 4.90 Å². The number of pyridine rings is 1. The molecular weight excluding hydrogens is 596 g/mol. The standard InChI is InChI=1S/C22H26ClN5.2C2HF3O2/c23-19-7-3-5-17(13-19)14-26-10-4-6-18(15-26)22-24-21-9-8-20(16-28(21)25-22)27-11-1-2-12-27;2*3-2(4,5)1(6)7/h3,5,7-9,13,16,18H,1-2,4,6,10-12,14-15H2;2*(H,6,7). The van der Waals surface area contributed by atoms with Crippen LogP contribution in [0.4, 0.5) is 32.0 Å². The van der Waals surface area contributed by atoms with Gasteiger partial charge in [0.2, 0.25) is 0 Å².